The third-order valence-electron chi connectivity index (χ3n) is 7.90. The molecule has 0 fully saturated rings. The van der Waals surface area contributed by atoms with Crippen molar-refractivity contribution in [3.63, 3.8) is 0 Å². The van der Waals surface area contributed by atoms with Gasteiger partial charge in [0, 0.05) is 0 Å². The van der Waals surface area contributed by atoms with Crippen molar-refractivity contribution in [1.29, 1.82) is 0 Å². The predicted octanol–water partition coefficient (Wildman–Crippen LogP) is 12.0. The predicted molar refractivity (Wildman–Crippen MR) is 203 cm³/mol. The van der Waals surface area contributed by atoms with Crippen LogP contribution in [0.15, 0.2) is 84.5 Å². The van der Waals surface area contributed by atoms with Crippen molar-refractivity contribution in [3.8, 4) is 11.1 Å². The van der Waals surface area contributed by atoms with Crippen LogP contribution >= 0.6 is 24.8 Å². The van der Waals surface area contributed by atoms with Gasteiger partial charge in [0.15, 0.2) is 0 Å². The summed E-state index contributed by atoms with van der Waals surface area (Å²) < 4.78 is 3.34. The monoisotopic (exact) mass is 728 g/mol. The second-order valence-corrected chi connectivity index (χ2v) is 12.6. The van der Waals surface area contributed by atoms with Crippen LogP contribution in [0.2, 0.25) is 0 Å². The Kier molecular flexibility index (Phi) is 20.5. The van der Waals surface area contributed by atoms with E-state index in [1.165, 1.54) is 91.9 Å². The van der Waals surface area contributed by atoms with E-state index in [-0.39, 0.29) is 24.8 Å². The fraction of sp³-hybridized carbons (Fsp3) is 0.326. The van der Waals surface area contributed by atoms with Gasteiger partial charge in [-0.2, -0.15) is 107 Å². The van der Waals surface area contributed by atoms with E-state index >= 15 is 0 Å². The van der Waals surface area contributed by atoms with E-state index < -0.39 is 0 Å². The Labute approximate surface area is 309 Å². The van der Waals surface area contributed by atoms with Crippen molar-refractivity contribution in [2.75, 3.05) is 0 Å². The van der Waals surface area contributed by atoms with E-state index in [2.05, 4.69) is 128 Å². The molecule has 0 saturated heterocycles. The third kappa shape index (κ3) is 13.8. The third-order valence-corrected chi connectivity index (χ3v) is 7.90. The van der Waals surface area contributed by atoms with Crippen LogP contribution in [-0.2, 0) is 30.7 Å². The number of hydrogen-bond acceptors (Lipinski definition) is 0. The molecule has 246 valence electrons. The molecule has 46 heavy (non-hydrogen) atoms. The molecule has 0 aliphatic heterocycles. The van der Waals surface area contributed by atoms with Gasteiger partial charge in [-0.1, -0.05) is 90.8 Å². The van der Waals surface area contributed by atoms with Crippen molar-refractivity contribution < 1.29 is 24.2 Å². The van der Waals surface area contributed by atoms with E-state index in [1.54, 1.807) is 0 Å². The molecule has 0 bridgehead atoms. The van der Waals surface area contributed by atoms with Gasteiger partial charge >= 0.3 is 28.4 Å². The van der Waals surface area contributed by atoms with Crippen molar-refractivity contribution in [2.45, 2.75) is 82.1 Å². The van der Waals surface area contributed by atoms with Gasteiger partial charge in [0.25, 0.3) is 0 Å². The number of hydrogen-bond donors (Lipinski definition) is 0. The standard InChI is InChI=1S/C17H17.C11H17.2C7H7.CH2.2ClH.Zr/c1-10-5-14-9-15-6-11(2)13(4)8-17(15)16(14)7-12(10)3;1-5-9-6-7-10(8-9)11(2,3)4;2*1-7-5-3-2-4-6-7;;;;/h5,7-8H,9H2,1-4H3;7-9H,5H2,1-4H3;2*3-6H,1H3;1H2;2*1H;/q4*-1;;;;. The molecule has 6 rings (SSSR count). The van der Waals surface area contributed by atoms with Gasteiger partial charge in [0.1, 0.15) is 0 Å². The van der Waals surface area contributed by atoms with E-state index in [1.807, 2.05) is 48.5 Å². The van der Waals surface area contributed by atoms with Gasteiger partial charge in [0.05, 0.1) is 0 Å². The second kappa shape index (κ2) is 21.5. The first-order valence-electron chi connectivity index (χ1n) is 15.5. The summed E-state index contributed by atoms with van der Waals surface area (Å²) in [5.41, 5.74) is 15.4. The molecule has 0 radical (unpaired) electrons. The van der Waals surface area contributed by atoms with Gasteiger partial charge in [-0.3, -0.25) is 6.08 Å². The molecule has 1 unspecified atom stereocenters. The van der Waals surface area contributed by atoms with Gasteiger partial charge < -0.3 is 0 Å². The first kappa shape index (κ1) is 43.7. The van der Waals surface area contributed by atoms with Crippen LogP contribution in [0.1, 0.15) is 78.6 Å². The Morgan fingerprint density at radius 3 is 1.61 bits per heavy atom. The summed E-state index contributed by atoms with van der Waals surface area (Å²) >= 11 is 1.30. The summed E-state index contributed by atoms with van der Waals surface area (Å²) in [6.07, 6.45) is 10.1. The molecule has 0 nitrogen and oxygen atoms in total. The van der Waals surface area contributed by atoms with Gasteiger partial charge in [0.2, 0.25) is 0 Å². The van der Waals surface area contributed by atoms with Gasteiger partial charge in [-0.15, -0.1) is 35.9 Å². The number of benzene rings is 4. The fourth-order valence-corrected chi connectivity index (χ4v) is 4.80. The Bertz CT molecular complexity index is 1430. The number of fused-ring (bicyclic) bond motifs is 3. The van der Waals surface area contributed by atoms with Crippen LogP contribution in [-0.4, -0.2) is 4.21 Å². The molecule has 0 heterocycles. The first-order valence-corrected chi connectivity index (χ1v) is 17.3. The molecular formula is C43H52Cl2Zr-4. The zero-order valence-corrected chi connectivity index (χ0v) is 33.6. The SMILES string of the molecule is CCC1[C-]=CC(C(C)(C)C)=C1.Cc1[c-]c2c(cc1C)-c1cc(C)c(C)cc1C2.Cc1cc[c-]cc1.Cc1cc[c-]cc1.Cl.Cl.[CH2]=[Zr]. The van der Waals surface area contributed by atoms with E-state index in [0.29, 0.717) is 11.3 Å². The Morgan fingerprint density at radius 2 is 1.22 bits per heavy atom. The van der Waals surface area contributed by atoms with Crippen LogP contribution in [0.25, 0.3) is 11.1 Å². The summed E-state index contributed by atoms with van der Waals surface area (Å²) in [5.74, 6) is 0.573. The van der Waals surface area contributed by atoms with E-state index in [4.69, 9.17) is 0 Å². The average Bonchev–Trinajstić information content (AvgIpc) is 3.62. The molecule has 3 heteroatoms. The molecular weight excluding hydrogens is 679 g/mol. The van der Waals surface area contributed by atoms with Crippen molar-refractivity contribution in [2.24, 2.45) is 11.3 Å². The first-order chi connectivity index (χ1) is 20.9. The number of allylic oxidation sites excluding steroid dienone is 4. The summed E-state index contributed by atoms with van der Waals surface area (Å²) in [7, 11) is 0. The van der Waals surface area contributed by atoms with Crippen LogP contribution in [0.4, 0.5) is 0 Å². The molecule has 4 aromatic rings. The average molecular weight is 731 g/mol. The zero-order valence-electron chi connectivity index (χ0n) is 29.5. The summed E-state index contributed by atoms with van der Waals surface area (Å²) in [6.45, 7) is 21.8. The molecule has 0 saturated carbocycles. The van der Waals surface area contributed by atoms with Crippen LogP contribution in [0, 0.1) is 77.2 Å². The quantitative estimate of drug-likeness (QED) is 0.151. The maximum atomic E-state index is 3.54. The Hall–Kier alpha value is -2.31. The molecule has 0 N–H and O–H groups in total. The molecule has 1 atom stereocenters. The van der Waals surface area contributed by atoms with Crippen molar-refractivity contribution in [3.05, 3.63) is 153 Å². The fourth-order valence-electron chi connectivity index (χ4n) is 4.80. The normalized spacial score (nSPS) is 13.1. The summed E-state index contributed by atoms with van der Waals surface area (Å²) in [5, 5.41) is 0. The van der Waals surface area contributed by atoms with Crippen LogP contribution in [0.3, 0.4) is 0 Å². The molecule has 0 amide bonds. The van der Waals surface area contributed by atoms with Crippen molar-refractivity contribution >= 4 is 29.0 Å². The zero-order chi connectivity index (χ0) is 32.9. The molecule has 2 aliphatic carbocycles. The maximum absolute atomic E-state index is 3.54. The molecule has 0 aromatic heterocycles. The summed E-state index contributed by atoms with van der Waals surface area (Å²) in [6, 6.07) is 32.2. The topological polar surface area (TPSA) is 0 Å². The number of aryl methyl sites for hydroxylation is 6. The number of rotatable bonds is 1. The van der Waals surface area contributed by atoms with Crippen molar-refractivity contribution in [1.82, 2.24) is 0 Å². The second-order valence-electron chi connectivity index (χ2n) is 12.6. The van der Waals surface area contributed by atoms with E-state index in [9.17, 15) is 0 Å². The minimum absolute atomic E-state index is 0. The Balaban J connectivity index is 0.000000608. The Morgan fingerprint density at radius 1 is 0.739 bits per heavy atom. The van der Waals surface area contributed by atoms with Crippen LogP contribution < -0.4 is 0 Å². The van der Waals surface area contributed by atoms with E-state index in [0.717, 1.165) is 6.42 Å². The van der Waals surface area contributed by atoms with Gasteiger partial charge in [-0.05, 0) is 37.0 Å². The van der Waals surface area contributed by atoms with Crippen LogP contribution in [0.5, 0.6) is 0 Å². The molecule has 4 aromatic carbocycles. The minimum atomic E-state index is 0. The summed E-state index contributed by atoms with van der Waals surface area (Å²) in [4.78, 5) is 0. The molecule has 0 spiro atoms. The number of halogens is 2. The van der Waals surface area contributed by atoms with Gasteiger partial charge in [-0.25, -0.2) is 6.08 Å². The molecule has 2 aliphatic rings.